The number of halogens is 2. The van der Waals surface area contributed by atoms with Gasteiger partial charge in [0.2, 0.25) is 0 Å². The van der Waals surface area contributed by atoms with E-state index in [4.69, 9.17) is 23.2 Å². The molecule has 1 aromatic rings. The first kappa shape index (κ1) is 10.9. The Morgan fingerprint density at radius 3 is 2.80 bits per heavy atom. The van der Waals surface area contributed by atoms with Crippen molar-refractivity contribution in [2.45, 2.75) is 4.90 Å². The number of thioether (sulfide) groups is 1. The molecule has 0 atom stereocenters. The Kier molecular flexibility index (Phi) is 2.96. The van der Waals surface area contributed by atoms with Crippen LogP contribution >= 0.6 is 35.0 Å². The average Bonchev–Trinajstić information content (AvgIpc) is 2.25. The van der Waals surface area contributed by atoms with Crippen LogP contribution in [0.15, 0.2) is 33.5 Å². The number of anilines is 1. The smallest absolute Gasteiger partial charge is 0.252 e. The molecule has 0 radical (unpaired) electrons. The minimum Gasteiger partial charge on any atom is -0.311 e. The number of hydrogen-bond acceptors (Lipinski definition) is 2. The Morgan fingerprint density at radius 1 is 1.33 bits per heavy atom. The predicted molar refractivity (Wildman–Crippen MR) is 64.7 cm³/mol. The topological polar surface area (TPSA) is 20.3 Å². The first-order chi connectivity index (χ1) is 7.08. The molecule has 0 bridgehead atoms. The van der Waals surface area contributed by atoms with E-state index < -0.39 is 0 Å². The van der Waals surface area contributed by atoms with E-state index in [9.17, 15) is 4.79 Å². The molecular formula is C10H7Cl2NOS. The summed E-state index contributed by atoms with van der Waals surface area (Å²) < 4.78 is 0.452. The van der Waals surface area contributed by atoms with Crippen LogP contribution in [0.25, 0.3) is 0 Å². The minimum absolute atomic E-state index is 0.131. The highest BCUT2D eigenvalue weighted by atomic mass is 35.5. The highest BCUT2D eigenvalue weighted by Gasteiger charge is 2.18. The third kappa shape index (κ3) is 2.14. The highest BCUT2D eigenvalue weighted by molar-refractivity contribution is 8.04. The van der Waals surface area contributed by atoms with E-state index >= 15 is 0 Å². The molecule has 78 valence electrons. The number of fused-ring (bicyclic) bond motifs is 1. The van der Waals surface area contributed by atoms with Crippen molar-refractivity contribution in [1.82, 2.24) is 0 Å². The number of carbonyl (C=O) groups is 1. The summed E-state index contributed by atoms with van der Waals surface area (Å²) in [6, 6.07) is 5.36. The summed E-state index contributed by atoms with van der Waals surface area (Å²) >= 11 is 13.1. The summed E-state index contributed by atoms with van der Waals surface area (Å²) in [6.45, 7) is 0. The Morgan fingerprint density at radius 2 is 2.07 bits per heavy atom. The summed E-state index contributed by atoms with van der Waals surface area (Å²) in [4.78, 5) is 14.0. The Labute approximate surface area is 102 Å². The van der Waals surface area contributed by atoms with Crippen molar-refractivity contribution in [2.24, 2.45) is 0 Å². The Balaban J connectivity index is 2.56. The molecule has 1 aromatic carbocycles. The lowest BCUT2D eigenvalue weighted by atomic mass is 10.3. The van der Waals surface area contributed by atoms with Crippen molar-refractivity contribution >= 4 is 46.6 Å². The third-order valence-electron chi connectivity index (χ3n) is 2.06. The van der Waals surface area contributed by atoms with Crippen molar-refractivity contribution in [3.05, 3.63) is 33.7 Å². The lowest BCUT2D eigenvalue weighted by molar-refractivity contribution is -0.113. The average molecular weight is 260 g/mol. The van der Waals surface area contributed by atoms with Gasteiger partial charge in [-0.1, -0.05) is 35.0 Å². The van der Waals surface area contributed by atoms with Crippen LogP contribution in [0.3, 0.4) is 0 Å². The third-order valence-corrected chi connectivity index (χ3v) is 3.49. The molecule has 1 amide bonds. The van der Waals surface area contributed by atoms with E-state index in [1.165, 1.54) is 17.8 Å². The SMILES string of the molecule is CN1C(=O)C=C(Cl)Sc2cc(Cl)ccc21. The van der Waals surface area contributed by atoms with Gasteiger partial charge in [-0.15, -0.1) is 0 Å². The van der Waals surface area contributed by atoms with Gasteiger partial charge in [0.1, 0.15) is 0 Å². The minimum atomic E-state index is -0.131. The molecule has 0 spiro atoms. The first-order valence-corrected chi connectivity index (χ1v) is 5.77. The largest absolute Gasteiger partial charge is 0.311 e. The number of nitrogens with zero attached hydrogens (tertiary/aromatic N) is 1. The summed E-state index contributed by atoms with van der Waals surface area (Å²) in [5, 5.41) is 0.633. The van der Waals surface area contributed by atoms with Crippen molar-refractivity contribution < 1.29 is 4.79 Å². The zero-order chi connectivity index (χ0) is 11.0. The molecular weight excluding hydrogens is 253 g/mol. The molecule has 15 heavy (non-hydrogen) atoms. The molecule has 0 aromatic heterocycles. The maximum absolute atomic E-state index is 11.6. The van der Waals surface area contributed by atoms with E-state index in [1.54, 1.807) is 24.1 Å². The summed E-state index contributed by atoms with van der Waals surface area (Å²) in [5.74, 6) is -0.131. The number of carbonyl (C=O) groups excluding carboxylic acids is 1. The molecule has 0 saturated carbocycles. The number of likely N-dealkylation sites (N-methyl/N-ethyl adjacent to an activating group) is 1. The fraction of sp³-hybridized carbons (Fsp3) is 0.100. The molecule has 0 fully saturated rings. The second-order valence-electron chi connectivity index (χ2n) is 3.06. The normalized spacial score (nSPS) is 15.8. The molecule has 0 unspecified atom stereocenters. The number of rotatable bonds is 0. The van der Waals surface area contributed by atoms with Gasteiger partial charge in [0, 0.05) is 23.0 Å². The summed E-state index contributed by atoms with van der Waals surface area (Å²) in [5.41, 5.74) is 0.821. The number of hydrogen-bond donors (Lipinski definition) is 0. The van der Waals surface area contributed by atoms with E-state index in [1.807, 2.05) is 6.07 Å². The van der Waals surface area contributed by atoms with Gasteiger partial charge in [0.05, 0.1) is 10.1 Å². The summed E-state index contributed by atoms with van der Waals surface area (Å²) in [7, 11) is 1.71. The molecule has 1 aliphatic rings. The quantitative estimate of drug-likeness (QED) is 0.711. The van der Waals surface area contributed by atoms with Crippen LogP contribution in [0.4, 0.5) is 5.69 Å². The predicted octanol–water partition coefficient (Wildman–Crippen LogP) is 3.49. The van der Waals surface area contributed by atoms with E-state index in [-0.39, 0.29) is 5.91 Å². The van der Waals surface area contributed by atoms with Gasteiger partial charge in [0.15, 0.2) is 0 Å². The molecule has 1 aliphatic heterocycles. The second kappa shape index (κ2) is 4.08. The van der Waals surface area contributed by atoms with Crippen LogP contribution in [0.5, 0.6) is 0 Å². The zero-order valence-electron chi connectivity index (χ0n) is 7.83. The molecule has 1 heterocycles. The fourth-order valence-electron chi connectivity index (χ4n) is 1.29. The van der Waals surface area contributed by atoms with Crippen molar-refractivity contribution in [2.75, 3.05) is 11.9 Å². The van der Waals surface area contributed by atoms with Gasteiger partial charge in [-0.3, -0.25) is 4.79 Å². The van der Waals surface area contributed by atoms with Crippen molar-refractivity contribution in [1.29, 1.82) is 0 Å². The zero-order valence-corrected chi connectivity index (χ0v) is 10.2. The number of benzene rings is 1. The lowest BCUT2D eigenvalue weighted by Gasteiger charge is -2.16. The van der Waals surface area contributed by atoms with Gasteiger partial charge in [-0.25, -0.2) is 0 Å². The van der Waals surface area contributed by atoms with E-state index in [0.29, 0.717) is 9.39 Å². The molecule has 0 N–H and O–H groups in total. The van der Waals surface area contributed by atoms with Crippen LogP contribution in [0.1, 0.15) is 0 Å². The highest BCUT2D eigenvalue weighted by Crippen LogP contribution is 2.40. The first-order valence-electron chi connectivity index (χ1n) is 4.20. The fourth-order valence-corrected chi connectivity index (χ4v) is 2.74. The van der Waals surface area contributed by atoms with E-state index in [0.717, 1.165) is 10.6 Å². The van der Waals surface area contributed by atoms with Crippen LogP contribution in [-0.2, 0) is 4.79 Å². The number of amides is 1. The molecule has 2 nitrogen and oxygen atoms in total. The van der Waals surface area contributed by atoms with Gasteiger partial charge < -0.3 is 4.90 Å². The lowest BCUT2D eigenvalue weighted by Crippen LogP contribution is -2.23. The van der Waals surface area contributed by atoms with Gasteiger partial charge >= 0.3 is 0 Å². The van der Waals surface area contributed by atoms with Crippen LogP contribution < -0.4 is 4.90 Å². The van der Waals surface area contributed by atoms with Crippen molar-refractivity contribution in [3.8, 4) is 0 Å². The van der Waals surface area contributed by atoms with Crippen molar-refractivity contribution in [3.63, 3.8) is 0 Å². The van der Waals surface area contributed by atoms with Gasteiger partial charge in [-0.05, 0) is 18.2 Å². The standard InChI is InChI=1S/C10H7Cl2NOS/c1-13-7-3-2-6(11)4-8(7)15-9(12)5-10(13)14/h2-5H,1H3. The molecule has 0 aliphatic carbocycles. The monoisotopic (exact) mass is 259 g/mol. The van der Waals surface area contributed by atoms with Gasteiger partial charge in [-0.2, -0.15) is 0 Å². The van der Waals surface area contributed by atoms with E-state index in [2.05, 4.69) is 0 Å². The van der Waals surface area contributed by atoms with Crippen LogP contribution in [0.2, 0.25) is 5.02 Å². The molecule has 5 heteroatoms. The maximum atomic E-state index is 11.6. The maximum Gasteiger partial charge on any atom is 0.252 e. The second-order valence-corrected chi connectivity index (χ2v) is 5.21. The van der Waals surface area contributed by atoms with Crippen LogP contribution in [0, 0.1) is 0 Å². The van der Waals surface area contributed by atoms with Crippen LogP contribution in [-0.4, -0.2) is 13.0 Å². The summed E-state index contributed by atoms with van der Waals surface area (Å²) in [6.07, 6.45) is 1.40. The Bertz CT molecular complexity index is 459. The molecule has 2 rings (SSSR count). The Hall–Kier alpha value is -0.640. The molecule has 0 saturated heterocycles. The van der Waals surface area contributed by atoms with Gasteiger partial charge in [0.25, 0.3) is 5.91 Å².